The molecule has 1 aliphatic carbocycles. The fraction of sp³-hybridized carbons (Fsp3) is 0.273. The average molecular weight is 235 g/mol. The zero-order valence-corrected chi connectivity index (χ0v) is 9.18. The van der Waals surface area contributed by atoms with E-state index < -0.39 is 0 Å². The normalized spacial score (nSPS) is 19.7. The first-order chi connectivity index (χ1) is 7.75. The van der Waals surface area contributed by atoms with Gasteiger partial charge in [0.15, 0.2) is 5.84 Å². The summed E-state index contributed by atoms with van der Waals surface area (Å²) in [6.45, 7) is 0. The van der Waals surface area contributed by atoms with Gasteiger partial charge in [0.2, 0.25) is 0 Å². The Hall–Kier alpha value is -1.55. The van der Waals surface area contributed by atoms with Gasteiger partial charge in [-0.2, -0.15) is 0 Å². The Morgan fingerprint density at radius 3 is 2.56 bits per heavy atom. The van der Waals surface area contributed by atoms with Gasteiger partial charge < -0.3 is 0 Å². The van der Waals surface area contributed by atoms with Crippen molar-refractivity contribution in [1.29, 1.82) is 0 Å². The molecule has 1 aromatic rings. The van der Waals surface area contributed by atoms with E-state index in [9.17, 15) is 4.79 Å². The summed E-state index contributed by atoms with van der Waals surface area (Å²) < 4.78 is 0. The minimum atomic E-state index is -0.257. The van der Waals surface area contributed by atoms with Crippen LogP contribution in [0.3, 0.4) is 0 Å². The van der Waals surface area contributed by atoms with Crippen molar-refractivity contribution in [3.05, 3.63) is 34.9 Å². The third kappa shape index (κ3) is 1.55. The van der Waals surface area contributed by atoms with Crippen LogP contribution in [0.15, 0.2) is 29.4 Å². The Bertz CT molecular complexity index is 465. The van der Waals surface area contributed by atoms with Gasteiger partial charge in [-0.25, -0.2) is 4.79 Å². The number of hydrogen-bond acceptors (Lipinski definition) is 2. The van der Waals surface area contributed by atoms with Crippen LogP contribution in [-0.4, -0.2) is 22.8 Å². The van der Waals surface area contributed by atoms with Crippen LogP contribution >= 0.6 is 11.6 Å². The summed E-state index contributed by atoms with van der Waals surface area (Å²) in [6.07, 6.45) is 2.07. The van der Waals surface area contributed by atoms with E-state index in [0.717, 1.165) is 18.4 Å². The first kappa shape index (κ1) is 9.66. The van der Waals surface area contributed by atoms with Crippen molar-refractivity contribution < 1.29 is 4.79 Å². The summed E-state index contributed by atoms with van der Waals surface area (Å²) in [6, 6.07) is 7.30. The van der Waals surface area contributed by atoms with Crippen LogP contribution in [0, 0.1) is 0 Å². The number of carbonyl (C=O) groups excluding carboxylic acids is 1. The molecule has 0 saturated heterocycles. The topological polar surface area (TPSA) is 46.8 Å². The fourth-order valence-electron chi connectivity index (χ4n) is 1.73. The molecule has 1 aromatic carbocycles. The Morgan fingerprint density at radius 1 is 1.25 bits per heavy atom. The van der Waals surface area contributed by atoms with Crippen LogP contribution in [-0.2, 0) is 0 Å². The second kappa shape index (κ2) is 3.49. The zero-order valence-electron chi connectivity index (χ0n) is 8.43. The van der Waals surface area contributed by atoms with Crippen LogP contribution < -0.4 is 5.43 Å². The van der Waals surface area contributed by atoms with Gasteiger partial charge in [0.05, 0.1) is 0 Å². The number of nitrogens with zero attached hydrogens (tertiary/aromatic N) is 3. The smallest absolute Gasteiger partial charge is 0.270 e. The molecular weight excluding hydrogens is 226 g/mol. The van der Waals surface area contributed by atoms with E-state index >= 15 is 0 Å². The van der Waals surface area contributed by atoms with Crippen LogP contribution in [0.2, 0.25) is 5.02 Å². The van der Waals surface area contributed by atoms with E-state index in [2.05, 4.69) is 10.5 Å². The molecule has 1 fully saturated rings. The second-order valence-electron chi connectivity index (χ2n) is 3.91. The predicted molar refractivity (Wildman–Crippen MR) is 60.4 cm³/mol. The van der Waals surface area contributed by atoms with E-state index in [4.69, 9.17) is 11.6 Å². The van der Waals surface area contributed by atoms with Crippen molar-refractivity contribution in [3.8, 4) is 0 Å². The highest BCUT2D eigenvalue weighted by atomic mass is 35.5. The third-order valence-electron chi connectivity index (χ3n) is 2.68. The van der Waals surface area contributed by atoms with E-state index in [-0.39, 0.29) is 12.1 Å². The van der Waals surface area contributed by atoms with Crippen LogP contribution in [0.5, 0.6) is 0 Å². The average Bonchev–Trinajstić information content (AvgIpc) is 3.04. The lowest BCUT2D eigenvalue weighted by Gasteiger charge is -2.15. The summed E-state index contributed by atoms with van der Waals surface area (Å²) in [4.78, 5) is 13.2. The summed E-state index contributed by atoms with van der Waals surface area (Å²) in [5.41, 5.74) is 4.48. The number of amides is 2. The molecule has 0 spiro atoms. The summed E-state index contributed by atoms with van der Waals surface area (Å²) >= 11 is 5.81. The van der Waals surface area contributed by atoms with Gasteiger partial charge in [0.25, 0.3) is 0 Å². The molecule has 1 heterocycles. The number of amidine groups is 1. The van der Waals surface area contributed by atoms with Crippen molar-refractivity contribution in [2.24, 2.45) is 5.10 Å². The molecule has 2 amide bonds. The number of benzene rings is 1. The largest absolute Gasteiger partial charge is 0.368 e. The highest BCUT2D eigenvalue weighted by Gasteiger charge is 2.40. The first-order valence-corrected chi connectivity index (χ1v) is 5.51. The molecule has 2 aliphatic rings. The lowest BCUT2D eigenvalue weighted by Crippen LogP contribution is -2.35. The van der Waals surface area contributed by atoms with Crippen molar-refractivity contribution in [1.82, 2.24) is 10.3 Å². The lowest BCUT2D eigenvalue weighted by molar-refractivity contribution is 0.224. The maximum absolute atomic E-state index is 11.5. The van der Waals surface area contributed by atoms with Crippen LogP contribution in [0.25, 0.3) is 0 Å². The molecule has 1 aliphatic heterocycles. The molecule has 0 atom stereocenters. The van der Waals surface area contributed by atoms with Crippen molar-refractivity contribution >= 4 is 23.5 Å². The SMILES string of the molecule is O=C1[N]N=C(c2ccc(Cl)cc2)N1C1CC1. The van der Waals surface area contributed by atoms with Gasteiger partial charge in [0, 0.05) is 16.6 Å². The van der Waals surface area contributed by atoms with Gasteiger partial charge in [-0.3, -0.25) is 4.90 Å². The standard InChI is InChI=1S/C11H9ClN3O/c12-8-3-1-7(2-4-8)10-13-14-11(16)15(10)9-5-6-9/h1-4,9H,5-6H2. The molecule has 81 valence electrons. The third-order valence-corrected chi connectivity index (χ3v) is 2.93. The molecule has 1 radical (unpaired) electrons. The van der Waals surface area contributed by atoms with Gasteiger partial charge >= 0.3 is 6.03 Å². The lowest BCUT2D eigenvalue weighted by atomic mass is 10.2. The number of urea groups is 1. The summed E-state index contributed by atoms with van der Waals surface area (Å²) in [5, 5.41) is 4.60. The summed E-state index contributed by atoms with van der Waals surface area (Å²) in [7, 11) is 0. The quantitative estimate of drug-likeness (QED) is 0.774. The minimum absolute atomic E-state index is 0.257. The van der Waals surface area contributed by atoms with E-state index in [1.807, 2.05) is 12.1 Å². The molecule has 3 rings (SSSR count). The second-order valence-corrected chi connectivity index (χ2v) is 4.35. The molecule has 0 unspecified atom stereocenters. The van der Waals surface area contributed by atoms with E-state index in [1.54, 1.807) is 17.0 Å². The highest BCUT2D eigenvalue weighted by molar-refractivity contribution is 6.30. The van der Waals surface area contributed by atoms with E-state index in [1.165, 1.54) is 0 Å². The van der Waals surface area contributed by atoms with Crippen molar-refractivity contribution in [2.75, 3.05) is 0 Å². The van der Waals surface area contributed by atoms with Gasteiger partial charge in [-0.15, -0.1) is 5.10 Å². The maximum atomic E-state index is 11.5. The fourth-order valence-corrected chi connectivity index (χ4v) is 1.86. The van der Waals surface area contributed by atoms with Gasteiger partial charge in [0.1, 0.15) is 0 Å². The zero-order chi connectivity index (χ0) is 11.1. The number of rotatable bonds is 2. The molecular formula is C11H9ClN3O. The molecule has 1 saturated carbocycles. The van der Waals surface area contributed by atoms with Crippen LogP contribution in [0.4, 0.5) is 4.79 Å². The number of hydrogen-bond donors (Lipinski definition) is 0. The van der Waals surface area contributed by atoms with Crippen LogP contribution in [0.1, 0.15) is 18.4 Å². The minimum Gasteiger partial charge on any atom is -0.270 e. The number of halogens is 1. The molecule has 4 nitrogen and oxygen atoms in total. The van der Waals surface area contributed by atoms with E-state index in [0.29, 0.717) is 10.9 Å². The number of carbonyl (C=O) groups is 1. The summed E-state index contributed by atoms with van der Waals surface area (Å²) in [5.74, 6) is 0.643. The van der Waals surface area contributed by atoms with Gasteiger partial charge in [-0.05, 0) is 37.1 Å². The Morgan fingerprint density at radius 2 is 1.94 bits per heavy atom. The monoisotopic (exact) mass is 234 g/mol. The molecule has 0 aromatic heterocycles. The Kier molecular flexibility index (Phi) is 2.11. The molecule has 16 heavy (non-hydrogen) atoms. The Labute approximate surface area is 97.9 Å². The Balaban J connectivity index is 1.93. The predicted octanol–water partition coefficient (Wildman–Crippen LogP) is 2.20. The van der Waals surface area contributed by atoms with Crippen molar-refractivity contribution in [3.63, 3.8) is 0 Å². The van der Waals surface area contributed by atoms with Crippen molar-refractivity contribution in [2.45, 2.75) is 18.9 Å². The molecule has 0 N–H and O–H groups in total. The maximum Gasteiger partial charge on any atom is 0.368 e. The van der Waals surface area contributed by atoms with Gasteiger partial charge in [-0.1, -0.05) is 17.0 Å². The first-order valence-electron chi connectivity index (χ1n) is 5.13. The molecule has 0 bridgehead atoms. The molecule has 5 heteroatoms. The highest BCUT2D eigenvalue weighted by Crippen LogP contribution is 2.30.